The number of para-hydroxylation sites is 1. The molecule has 31 heavy (non-hydrogen) atoms. The molecule has 0 saturated carbocycles. The van der Waals surface area contributed by atoms with Gasteiger partial charge in [0.1, 0.15) is 18.1 Å². The molecule has 0 bridgehead atoms. The molecular weight excluding hydrogens is 399 g/mol. The van der Waals surface area contributed by atoms with Gasteiger partial charge in [-0.1, -0.05) is 29.8 Å². The molecule has 0 unspecified atom stereocenters. The Morgan fingerprint density at radius 2 is 1.81 bits per heavy atom. The summed E-state index contributed by atoms with van der Waals surface area (Å²) in [4.78, 5) is 38.1. The lowest BCUT2D eigenvalue weighted by Gasteiger charge is -2.12. The number of rotatable bonds is 5. The standard InChI is InChI=1S/C23H19FN4O3/c1-15-8-10-16(11-9-15)25-21(29)14-28-22(30)19(26-23(28)31)13-17-5-4-12-27(17)20-7-3-2-6-18(20)24/h2-13H,14H2,1H3,(H,25,29)(H,26,31)/b19-13+. The first-order chi connectivity index (χ1) is 14.9. The minimum Gasteiger partial charge on any atom is -0.325 e. The normalized spacial score (nSPS) is 14.8. The Hall–Kier alpha value is -4.20. The fourth-order valence-electron chi connectivity index (χ4n) is 3.22. The Morgan fingerprint density at radius 1 is 1.06 bits per heavy atom. The zero-order chi connectivity index (χ0) is 22.0. The predicted molar refractivity (Wildman–Crippen MR) is 114 cm³/mol. The van der Waals surface area contributed by atoms with Crippen LogP contribution in [0, 0.1) is 12.7 Å². The Balaban J connectivity index is 1.51. The highest BCUT2D eigenvalue weighted by atomic mass is 19.1. The zero-order valence-electron chi connectivity index (χ0n) is 16.6. The summed E-state index contributed by atoms with van der Waals surface area (Å²) in [6, 6.07) is 16.1. The highest BCUT2D eigenvalue weighted by Gasteiger charge is 2.35. The first-order valence-electron chi connectivity index (χ1n) is 9.56. The van der Waals surface area contributed by atoms with Crippen molar-refractivity contribution in [3.8, 4) is 5.69 Å². The summed E-state index contributed by atoms with van der Waals surface area (Å²) in [5, 5.41) is 5.13. The molecule has 2 N–H and O–H groups in total. The number of carbonyl (C=O) groups is 3. The van der Waals surface area contributed by atoms with Crippen molar-refractivity contribution in [2.24, 2.45) is 0 Å². The van der Waals surface area contributed by atoms with E-state index in [9.17, 15) is 18.8 Å². The van der Waals surface area contributed by atoms with Gasteiger partial charge in [0, 0.05) is 17.6 Å². The number of aryl methyl sites for hydroxylation is 1. The molecule has 2 aromatic carbocycles. The number of hydrogen-bond acceptors (Lipinski definition) is 3. The van der Waals surface area contributed by atoms with E-state index in [4.69, 9.17) is 0 Å². The van der Waals surface area contributed by atoms with E-state index in [0.29, 0.717) is 17.1 Å². The molecule has 2 heterocycles. The lowest BCUT2D eigenvalue weighted by molar-refractivity contribution is -0.127. The average Bonchev–Trinajstić information content (AvgIpc) is 3.30. The van der Waals surface area contributed by atoms with Gasteiger partial charge in [-0.25, -0.2) is 14.1 Å². The molecule has 0 spiro atoms. The van der Waals surface area contributed by atoms with Gasteiger partial charge in [0.15, 0.2) is 0 Å². The van der Waals surface area contributed by atoms with Crippen molar-refractivity contribution in [3.05, 3.63) is 89.6 Å². The fourth-order valence-corrected chi connectivity index (χ4v) is 3.22. The van der Waals surface area contributed by atoms with Crippen LogP contribution in [-0.4, -0.2) is 33.9 Å². The highest BCUT2D eigenvalue weighted by Crippen LogP contribution is 2.20. The van der Waals surface area contributed by atoms with Crippen molar-refractivity contribution >= 4 is 29.6 Å². The van der Waals surface area contributed by atoms with Crippen LogP contribution in [0.4, 0.5) is 14.9 Å². The second-order valence-corrected chi connectivity index (χ2v) is 7.05. The van der Waals surface area contributed by atoms with E-state index in [0.717, 1.165) is 10.5 Å². The van der Waals surface area contributed by atoms with Crippen molar-refractivity contribution in [2.75, 3.05) is 11.9 Å². The number of nitrogens with one attached hydrogen (secondary N) is 2. The summed E-state index contributed by atoms with van der Waals surface area (Å²) in [5.41, 5.74) is 2.43. The van der Waals surface area contributed by atoms with Gasteiger partial charge in [-0.15, -0.1) is 0 Å². The molecule has 8 heteroatoms. The lowest BCUT2D eigenvalue weighted by atomic mass is 10.2. The van der Waals surface area contributed by atoms with E-state index in [1.807, 2.05) is 19.1 Å². The van der Waals surface area contributed by atoms with Gasteiger partial charge in [-0.2, -0.15) is 0 Å². The number of hydrogen-bond donors (Lipinski definition) is 2. The Kier molecular flexibility index (Phi) is 5.36. The third kappa shape index (κ3) is 4.23. The number of benzene rings is 2. The SMILES string of the molecule is Cc1ccc(NC(=O)CN2C(=O)N/C(=C/c3cccn3-c3ccccc3F)C2=O)cc1. The second kappa shape index (κ2) is 8.27. The van der Waals surface area contributed by atoms with Crippen molar-refractivity contribution in [1.82, 2.24) is 14.8 Å². The van der Waals surface area contributed by atoms with Gasteiger partial charge in [-0.3, -0.25) is 9.59 Å². The van der Waals surface area contributed by atoms with Gasteiger partial charge in [-0.05, 0) is 49.4 Å². The number of urea groups is 1. The number of amides is 4. The first kappa shape index (κ1) is 20.1. The van der Waals surface area contributed by atoms with Crippen LogP contribution in [0.2, 0.25) is 0 Å². The van der Waals surface area contributed by atoms with Crippen LogP contribution in [-0.2, 0) is 9.59 Å². The number of carbonyl (C=O) groups excluding carboxylic acids is 3. The molecule has 7 nitrogen and oxygen atoms in total. The minimum absolute atomic E-state index is 0.00410. The van der Waals surface area contributed by atoms with Crippen LogP contribution in [0.25, 0.3) is 11.8 Å². The summed E-state index contributed by atoms with van der Waals surface area (Å²) < 4.78 is 15.7. The van der Waals surface area contributed by atoms with Gasteiger partial charge in [0.25, 0.3) is 5.91 Å². The lowest BCUT2D eigenvalue weighted by Crippen LogP contribution is -2.38. The third-order valence-corrected chi connectivity index (χ3v) is 4.78. The summed E-state index contributed by atoms with van der Waals surface area (Å²) in [7, 11) is 0. The van der Waals surface area contributed by atoms with Gasteiger partial charge >= 0.3 is 6.03 Å². The van der Waals surface area contributed by atoms with Crippen molar-refractivity contribution in [2.45, 2.75) is 6.92 Å². The quantitative estimate of drug-likeness (QED) is 0.492. The molecule has 0 aliphatic carbocycles. The predicted octanol–water partition coefficient (Wildman–Crippen LogP) is 3.46. The molecule has 1 aromatic heterocycles. The second-order valence-electron chi connectivity index (χ2n) is 7.05. The minimum atomic E-state index is -0.695. The molecule has 1 saturated heterocycles. The summed E-state index contributed by atoms with van der Waals surface area (Å²) in [6.07, 6.45) is 3.10. The number of nitrogens with zero attached hydrogens (tertiary/aromatic N) is 2. The molecular formula is C23H19FN4O3. The van der Waals surface area contributed by atoms with Crippen LogP contribution < -0.4 is 10.6 Å². The fraction of sp³-hybridized carbons (Fsp3) is 0.0870. The Labute approximate surface area is 177 Å². The van der Waals surface area contributed by atoms with Crippen LogP contribution in [0.3, 0.4) is 0 Å². The van der Waals surface area contributed by atoms with Crippen molar-refractivity contribution < 1.29 is 18.8 Å². The van der Waals surface area contributed by atoms with E-state index in [1.165, 1.54) is 12.1 Å². The number of anilines is 1. The van der Waals surface area contributed by atoms with E-state index in [-0.39, 0.29) is 5.70 Å². The molecule has 1 aliphatic rings. The maximum absolute atomic E-state index is 14.2. The smallest absolute Gasteiger partial charge is 0.325 e. The van der Waals surface area contributed by atoms with Crippen LogP contribution >= 0.6 is 0 Å². The number of aromatic nitrogens is 1. The molecule has 0 radical (unpaired) electrons. The largest absolute Gasteiger partial charge is 0.329 e. The number of halogens is 1. The summed E-state index contributed by atoms with van der Waals surface area (Å²) in [5.74, 6) is -1.55. The molecule has 156 valence electrons. The maximum atomic E-state index is 14.2. The molecule has 1 fully saturated rings. The van der Waals surface area contributed by atoms with E-state index in [2.05, 4.69) is 10.6 Å². The molecule has 4 rings (SSSR count). The molecule has 3 aromatic rings. The van der Waals surface area contributed by atoms with Crippen molar-refractivity contribution in [3.63, 3.8) is 0 Å². The molecule has 4 amide bonds. The topological polar surface area (TPSA) is 83.4 Å². The number of imide groups is 1. The molecule has 0 atom stereocenters. The summed E-state index contributed by atoms with van der Waals surface area (Å²) in [6.45, 7) is 1.50. The first-order valence-corrected chi connectivity index (χ1v) is 9.56. The van der Waals surface area contributed by atoms with E-state index in [1.54, 1.807) is 53.2 Å². The average molecular weight is 418 g/mol. The van der Waals surface area contributed by atoms with E-state index >= 15 is 0 Å². The van der Waals surface area contributed by atoms with Crippen LogP contribution in [0.5, 0.6) is 0 Å². The van der Waals surface area contributed by atoms with Gasteiger partial charge in [0.05, 0.1) is 5.69 Å². The Bertz CT molecular complexity index is 1200. The Morgan fingerprint density at radius 3 is 2.55 bits per heavy atom. The highest BCUT2D eigenvalue weighted by molar-refractivity contribution is 6.15. The molecule has 1 aliphatic heterocycles. The zero-order valence-corrected chi connectivity index (χ0v) is 16.6. The van der Waals surface area contributed by atoms with Gasteiger partial charge < -0.3 is 15.2 Å². The van der Waals surface area contributed by atoms with Gasteiger partial charge in [0.2, 0.25) is 5.91 Å². The third-order valence-electron chi connectivity index (χ3n) is 4.78. The van der Waals surface area contributed by atoms with Crippen LogP contribution in [0.1, 0.15) is 11.3 Å². The maximum Gasteiger partial charge on any atom is 0.329 e. The summed E-state index contributed by atoms with van der Waals surface area (Å²) >= 11 is 0. The monoisotopic (exact) mass is 418 g/mol. The van der Waals surface area contributed by atoms with E-state index < -0.39 is 30.2 Å². The van der Waals surface area contributed by atoms with Crippen molar-refractivity contribution in [1.29, 1.82) is 0 Å². The van der Waals surface area contributed by atoms with Crippen LogP contribution in [0.15, 0.2) is 72.6 Å².